The van der Waals surface area contributed by atoms with Gasteiger partial charge in [0.25, 0.3) is 0 Å². The predicted octanol–water partition coefficient (Wildman–Crippen LogP) is 1.91. The predicted molar refractivity (Wildman–Crippen MR) is 59.4 cm³/mol. The van der Waals surface area contributed by atoms with E-state index in [1.165, 1.54) is 32.6 Å². The van der Waals surface area contributed by atoms with Crippen LogP contribution in [-0.4, -0.2) is 18.2 Å². The van der Waals surface area contributed by atoms with Crippen molar-refractivity contribution in [2.24, 2.45) is 11.8 Å². The lowest BCUT2D eigenvalue weighted by Crippen LogP contribution is -2.31. The highest BCUT2D eigenvalue weighted by atomic mass is 16.2. The van der Waals surface area contributed by atoms with E-state index in [0.29, 0.717) is 5.92 Å². The maximum atomic E-state index is 11.2. The van der Waals surface area contributed by atoms with Crippen molar-refractivity contribution in [2.45, 2.75) is 46.0 Å². The summed E-state index contributed by atoms with van der Waals surface area (Å²) >= 11 is 0. The summed E-state index contributed by atoms with van der Waals surface area (Å²) in [5, 5.41) is 2.84. The lowest BCUT2D eigenvalue weighted by Gasteiger charge is -2.26. The molecule has 0 aromatic carbocycles. The van der Waals surface area contributed by atoms with Crippen molar-refractivity contribution in [3.05, 3.63) is 0 Å². The molecule has 1 aliphatic carbocycles. The molecule has 0 saturated heterocycles. The standard InChI is InChI=1S/C12H21NO2/c1-9-3-5-11(6-4-9)8-13-12(15)7-10(2)14/h9,11H,3-8H2,1-2H3,(H,13,15). The van der Waals surface area contributed by atoms with Crippen LogP contribution in [0.2, 0.25) is 0 Å². The molecule has 0 radical (unpaired) electrons. The van der Waals surface area contributed by atoms with Gasteiger partial charge in [-0.2, -0.15) is 0 Å². The number of carbonyl (C=O) groups is 2. The molecule has 0 aromatic rings. The Morgan fingerprint density at radius 3 is 2.33 bits per heavy atom. The Morgan fingerprint density at radius 1 is 1.20 bits per heavy atom. The van der Waals surface area contributed by atoms with Crippen molar-refractivity contribution in [3.8, 4) is 0 Å². The molecule has 0 aliphatic heterocycles. The van der Waals surface area contributed by atoms with E-state index in [4.69, 9.17) is 0 Å². The van der Waals surface area contributed by atoms with E-state index in [9.17, 15) is 9.59 Å². The third-order valence-electron chi connectivity index (χ3n) is 3.13. The summed E-state index contributed by atoms with van der Waals surface area (Å²) in [6, 6.07) is 0. The van der Waals surface area contributed by atoms with E-state index < -0.39 is 0 Å². The average Bonchev–Trinajstić information content (AvgIpc) is 2.16. The molecule has 86 valence electrons. The lowest BCUT2D eigenvalue weighted by molar-refractivity contribution is -0.127. The number of hydrogen-bond donors (Lipinski definition) is 1. The normalized spacial score (nSPS) is 26.0. The molecule has 3 heteroatoms. The van der Waals surface area contributed by atoms with E-state index in [1.807, 2.05) is 0 Å². The Kier molecular flexibility index (Phi) is 4.79. The summed E-state index contributed by atoms with van der Waals surface area (Å²) in [4.78, 5) is 21.9. The fourth-order valence-electron chi connectivity index (χ4n) is 2.08. The molecule has 1 rings (SSSR count). The molecular formula is C12H21NO2. The number of ketones is 1. The molecule has 15 heavy (non-hydrogen) atoms. The third kappa shape index (κ3) is 4.96. The van der Waals surface area contributed by atoms with Crippen LogP contribution in [-0.2, 0) is 9.59 Å². The first-order chi connectivity index (χ1) is 7.08. The van der Waals surface area contributed by atoms with Gasteiger partial charge in [-0.25, -0.2) is 0 Å². The summed E-state index contributed by atoms with van der Waals surface area (Å²) in [5.41, 5.74) is 0. The highest BCUT2D eigenvalue weighted by Gasteiger charge is 2.18. The van der Waals surface area contributed by atoms with Gasteiger partial charge in [0, 0.05) is 6.54 Å². The van der Waals surface area contributed by atoms with Crippen LogP contribution >= 0.6 is 0 Å². The zero-order valence-corrected chi connectivity index (χ0v) is 9.71. The number of rotatable bonds is 4. The van der Waals surface area contributed by atoms with E-state index in [1.54, 1.807) is 0 Å². The quantitative estimate of drug-likeness (QED) is 0.722. The molecule has 1 N–H and O–H groups in total. The zero-order valence-electron chi connectivity index (χ0n) is 9.71. The lowest BCUT2D eigenvalue weighted by atomic mass is 9.83. The second-order valence-electron chi connectivity index (χ2n) is 4.81. The monoisotopic (exact) mass is 211 g/mol. The SMILES string of the molecule is CC(=O)CC(=O)NCC1CCC(C)CC1. The first kappa shape index (κ1) is 12.2. The smallest absolute Gasteiger partial charge is 0.227 e. The van der Waals surface area contributed by atoms with Crippen molar-refractivity contribution in [1.82, 2.24) is 5.32 Å². The van der Waals surface area contributed by atoms with Crippen LogP contribution in [0.4, 0.5) is 0 Å². The summed E-state index contributed by atoms with van der Waals surface area (Å²) in [6.45, 7) is 4.48. The molecular weight excluding hydrogens is 190 g/mol. The first-order valence-electron chi connectivity index (χ1n) is 5.84. The van der Waals surface area contributed by atoms with E-state index in [2.05, 4.69) is 12.2 Å². The average molecular weight is 211 g/mol. The number of nitrogens with one attached hydrogen (secondary N) is 1. The van der Waals surface area contributed by atoms with Crippen LogP contribution in [0.25, 0.3) is 0 Å². The fraction of sp³-hybridized carbons (Fsp3) is 0.833. The number of Topliss-reactive ketones (excluding diaryl/α,β-unsaturated/α-hetero) is 1. The number of hydrogen-bond acceptors (Lipinski definition) is 2. The topological polar surface area (TPSA) is 46.2 Å². The van der Waals surface area contributed by atoms with E-state index in [-0.39, 0.29) is 18.1 Å². The maximum absolute atomic E-state index is 11.2. The van der Waals surface area contributed by atoms with E-state index in [0.717, 1.165) is 12.5 Å². The summed E-state index contributed by atoms with van der Waals surface area (Å²) in [5.74, 6) is 1.28. The molecule has 1 aliphatic rings. The molecule has 3 nitrogen and oxygen atoms in total. The van der Waals surface area contributed by atoms with Crippen LogP contribution in [0.1, 0.15) is 46.0 Å². The third-order valence-corrected chi connectivity index (χ3v) is 3.13. The van der Waals surface area contributed by atoms with Gasteiger partial charge in [-0.05, 0) is 31.6 Å². The summed E-state index contributed by atoms with van der Waals surface area (Å²) in [7, 11) is 0. The highest BCUT2D eigenvalue weighted by Crippen LogP contribution is 2.27. The second-order valence-corrected chi connectivity index (χ2v) is 4.81. The number of carbonyl (C=O) groups excluding carboxylic acids is 2. The minimum Gasteiger partial charge on any atom is -0.355 e. The Hall–Kier alpha value is -0.860. The molecule has 1 amide bonds. The van der Waals surface area contributed by atoms with Gasteiger partial charge in [-0.3, -0.25) is 9.59 Å². The van der Waals surface area contributed by atoms with Crippen molar-refractivity contribution in [3.63, 3.8) is 0 Å². The summed E-state index contributed by atoms with van der Waals surface area (Å²) in [6.07, 6.45) is 4.99. The van der Waals surface area contributed by atoms with Gasteiger partial charge in [0.2, 0.25) is 5.91 Å². The first-order valence-corrected chi connectivity index (χ1v) is 5.84. The fourth-order valence-corrected chi connectivity index (χ4v) is 2.08. The van der Waals surface area contributed by atoms with Crippen LogP contribution in [0, 0.1) is 11.8 Å². The molecule has 0 atom stereocenters. The van der Waals surface area contributed by atoms with Gasteiger partial charge in [-0.15, -0.1) is 0 Å². The minimum absolute atomic E-state index is 0.0309. The van der Waals surface area contributed by atoms with Crippen LogP contribution in [0.15, 0.2) is 0 Å². The second kappa shape index (κ2) is 5.89. The molecule has 0 aromatic heterocycles. The van der Waals surface area contributed by atoms with Crippen LogP contribution in [0.5, 0.6) is 0 Å². The van der Waals surface area contributed by atoms with Gasteiger partial charge >= 0.3 is 0 Å². The molecule has 1 saturated carbocycles. The van der Waals surface area contributed by atoms with Gasteiger partial charge < -0.3 is 5.32 Å². The Bertz CT molecular complexity index is 230. The molecule has 0 unspecified atom stereocenters. The van der Waals surface area contributed by atoms with E-state index >= 15 is 0 Å². The van der Waals surface area contributed by atoms with Crippen molar-refractivity contribution in [1.29, 1.82) is 0 Å². The van der Waals surface area contributed by atoms with Crippen LogP contribution < -0.4 is 5.32 Å². The molecule has 0 bridgehead atoms. The van der Waals surface area contributed by atoms with Crippen LogP contribution in [0.3, 0.4) is 0 Å². The van der Waals surface area contributed by atoms with Gasteiger partial charge in [0.15, 0.2) is 0 Å². The highest BCUT2D eigenvalue weighted by molar-refractivity contribution is 5.96. The Morgan fingerprint density at radius 2 is 1.80 bits per heavy atom. The van der Waals surface area contributed by atoms with Crippen molar-refractivity contribution < 1.29 is 9.59 Å². The van der Waals surface area contributed by atoms with Crippen molar-refractivity contribution >= 4 is 11.7 Å². The van der Waals surface area contributed by atoms with Gasteiger partial charge in [0.1, 0.15) is 5.78 Å². The Balaban J connectivity index is 2.14. The van der Waals surface area contributed by atoms with Gasteiger partial charge in [0.05, 0.1) is 6.42 Å². The maximum Gasteiger partial charge on any atom is 0.227 e. The molecule has 0 spiro atoms. The largest absolute Gasteiger partial charge is 0.355 e. The number of amides is 1. The van der Waals surface area contributed by atoms with Crippen molar-refractivity contribution in [2.75, 3.05) is 6.54 Å². The summed E-state index contributed by atoms with van der Waals surface area (Å²) < 4.78 is 0. The minimum atomic E-state index is -0.124. The van der Waals surface area contributed by atoms with Gasteiger partial charge in [-0.1, -0.05) is 19.8 Å². The zero-order chi connectivity index (χ0) is 11.3. The molecule has 0 heterocycles. The Labute approximate surface area is 91.6 Å². The molecule has 1 fully saturated rings.